The molecule has 0 amide bonds. The number of hydrogen-bond acceptors (Lipinski definition) is 4. The van der Waals surface area contributed by atoms with Crippen molar-refractivity contribution >= 4 is 19.7 Å². The van der Waals surface area contributed by atoms with Gasteiger partial charge in [-0.2, -0.15) is 0 Å². The van der Waals surface area contributed by atoms with Gasteiger partial charge in [0.1, 0.15) is 5.75 Å². The first-order chi connectivity index (χ1) is 7.40. The largest absolute Gasteiger partial charge is 0.497 e. The Morgan fingerprint density at radius 1 is 1.38 bits per heavy atom. The summed E-state index contributed by atoms with van der Waals surface area (Å²) >= 11 is 0. The lowest BCUT2D eigenvalue weighted by atomic mass is 10.1. The predicted octanol–water partition coefficient (Wildman–Crippen LogP) is 1.17. The molecular weight excluding hydrogens is 252 g/mol. The van der Waals surface area contributed by atoms with Crippen molar-refractivity contribution in [3.63, 3.8) is 0 Å². The van der Waals surface area contributed by atoms with Crippen LogP contribution in [0.5, 0.6) is 5.75 Å². The molecule has 0 aliphatic rings. The highest BCUT2D eigenvalue weighted by molar-refractivity contribution is 8.13. The van der Waals surface area contributed by atoms with E-state index in [4.69, 9.17) is 15.4 Å². The molecule has 0 aliphatic heterocycles. The van der Waals surface area contributed by atoms with Gasteiger partial charge in [-0.25, -0.2) is 8.42 Å². The molecular formula is C10H13ClO4S. The number of rotatable bonds is 5. The summed E-state index contributed by atoms with van der Waals surface area (Å²) in [6.45, 7) is 0. The molecule has 16 heavy (non-hydrogen) atoms. The van der Waals surface area contributed by atoms with Gasteiger partial charge in [0, 0.05) is 10.7 Å². The Morgan fingerprint density at radius 3 is 2.38 bits per heavy atom. The molecule has 0 fully saturated rings. The van der Waals surface area contributed by atoms with Crippen molar-refractivity contribution in [3.8, 4) is 5.75 Å². The molecule has 0 saturated heterocycles. The molecule has 0 radical (unpaired) electrons. The van der Waals surface area contributed by atoms with E-state index in [2.05, 4.69) is 0 Å². The van der Waals surface area contributed by atoms with Crippen LogP contribution in [-0.2, 0) is 15.5 Å². The minimum absolute atomic E-state index is 0.246. The van der Waals surface area contributed by atoms with Gasteiger partial charge in [-0.15, -0.1) is 0 Å². The van der Waals surface area contributed by atoms with Crippen LogP contribution in [0.2, 0.25) is 0 Å². The first kappa shape index (κ1) is 13.3. The second kappa shape index (κ2) is 5.52. The monoisotopic (exact) mass is 264 g/mol. The Balaban J connectivity index is 2.59. The van der Waals surface area contributed by atoms with Gasteiger partial charge in [0.05, 0.1) is 19.0 Å². The molecule has 0 aromatic heterocycles. The average molecular weight is 265 g/mol. The van der Waals surface area contributed by atoms with E-state index in [1.807, 2.05) is 0 Å². The van der Waals surface area contributed by atoms with Crippen molar-refractivity contribution in [2.75, 3.05) is 12.9 Å². The maximum atomic E-state index is 10.7. The standard InChI is InChI=1S/C10H13ClO4S/c1-15-10-4-2-8(3-5-10)6-9(12)7-16(11,13)14/h2-5,9,12H,6-7H2,1H3. The van der Waals surface area contributed by atoms with Gasteiger partial charge >= 0.3 is 0 Å². The van der Waals surface area contributed by atoms with Gasteiger partial charge in [-0.3, -0.25) is 0 Å². The highest BCUT2D eigenvalue weighted by atomic mass is 35.7. The number of methoxy groups -OCH3 is 1. The fourth-order valence-corrected chi connectivity index (χ4v) is 2.34. The first-order valence-electron chi connectivity index (χ1n) is 4.64. The molecule has 1 aromatic carbocycles. The average Bonchev–Trinajstić information content (AvgIpc) is 2.16. The predicted molar refractivity (Wildman–Crippen MR) is 62.3 cm³/mol. The maximum Gasteiger partial charge on any atom is 0.235 e. The van der Waals surface area contributed by atoms with E-state index in [0.717, 1.165) is 5.56 Å². The van der Waals surface area contributed by atoms with Crippen molar-refractivity contribution in [2.24, 2.45) is 0 Å². The summed E-state index contributed by atoms with van der Waals surface area (Å²) in [5, 5.41) is 9.47. The molecule has 1 unspecified atom stereocenters. The summed E-state index contributed by atoms with van der Waals surface area (Å²) in [5.74, 6) is 0.267. The SMILES string of the molecule is COc1ccc(CC(O)CS(=O)(=O)Cl)cc1. The summed E-state index contributed by atoms with van der Waals surface area (Å²) in [4.78, 5) is 0. The molecule has 4 nitrogen and oxygen atoms in total. The van der Waals surface area contributed by atoms with Gasteiger partial charge in [-0.1, -0.05) is 12.1 Å². The molecule has 0 bridgehead atoms. The Kier molecular flexibility index (Phi) is 4.58. The van der Waals surface area contributed by atoms with E-state index >= 15 is 0 Å². The molecule has 1 atom stereocenters. The zero-order valence-corrected chi connectivity index (χ0v) is 10.3. The fraction of sp³-hybridized carbons (Fsp3) is 0.400. The summed E-state index contributed by atoms with van der Waals surface area (Å²) in [6, 6.07) is 7.03. The van der Waals surface area contributed by atoms with Crippen LogP contribution in [0, 0.1) is 0 Å². The van der Waals surface area contributed by atoms with E-state index in [-0.39, 0.29) is 6.42 Å². The van der Waals surface area contributed by atoms with Crippen LogP contribution < -0.4 is 4.74 Å². The molecule has 1 N–H and O–H groups in total. The second-order valence-corrected chi connectivity index (χ2v) is 6.23. The van der Waals surface area contributed by atoms with Gasteiger partial charge in [0.15, 0.2) is 0 Å². The van der Waals surface area contributed by atoms with Crippen LogP contribution in [0.15, 0.2) is 24.3 Å². The minimum atomic E-state index is -3.66. The van der Waals surface area contributed by atoms with Gasteiger partial charge in [-0.05, 0) is 24.1 Å². The molecule has 6 heteroatoms. The zero-order chi connectivity index (χ0) is 12.2. The third kappa shape index (κ3) is 4.83. The van der Waals surface area contributed by atoms with Crippen LogP contribution in [0.4, 0.5) is 0 Å². The fourth-order valence-electron chi connectivity index (χ4n) is 1.32. The van der Waals surface area contributed by atoms with E-state index in [1.165, 1.54) is 0 Å². The van der Waals surface area contributed by atoms with Crippen LogP contribution in [0.25, 0.3) is 0 Å². The Bertz CT molecular complexity index is 427. The highest BCUT2D eigenvalue weighted by Crippen LogP contribution is 2.13. The lowest BCUT2D eigenvalue weighted by molar-refractivity contribution is 0.198. The van der Waals surface area contributed by atoms with E-state index in [0.29, 0.717) is 5.75 Å². The number of halogens is 1. The molecule has 1 rings (SSSR count). The van der Waals surface area contributed by atoms with Crippen molar-refractivity contribution in [1.82, 2.24) is 0 Å². The molecule has 0 spiro atoms. The maximum absolute atomic E-state index is 10.7. The van der Waals surface area contributed by atoms with E-state index in [1.54, 1.807) is 31.4 Å². The normalized spacial score (nSPS) is 13.4. The van der Waals surface area contributed by atoms with Crippen LogP contribution in [-0.4, -0.2) is 32.5 Å². The van der Waals surface area contributed by atoms with Gasteiger partial charge in [0.2, 0.25) is 9.05 Å². The van der Waals surface area contributed by atoms with Crippen molar-refractivity contribution in [2.45, 2.75) is 12.5 Å². The van der Waals surface area contributed by atoms with Crippen LogP contribution >= 0.6 is 10.7 Å². The second-order valence-electron chi connectivity index (χ2n) is 3.41. The number of ether oxygens (including phenoxy) is 1. The highest BCUT2D eigenvalue weighted by Gasteiger charge is 2.14. The molecule has 0 aliphatic carbocycles. The lowest BCUT2D eigenvalue weighted by Crippen LogP contribution is -2.19. The Morgan fingerprint density at radius 2 is 1.94 bits per heavy atom. The van der Waals surface area contributed by atoms with Gasteiger partial charge < -0.3 is 9.84 Å². The van der Waals surface area contributed by atoms with E-state index < -0.39 is 20.9 Å². The van der Waals surface area contributed by atoms with Crippen LogP contribution in [0.1, 0.15) is 5.56 Å². The third-order valence-corrected chi connectivity index (χ3v) is 3.18. The summed E-state index contributed by atoms with van der Waals surface area (Å²) in [6.07, 6.45) is -0.744. The number of aliphatic hydroxyl groups is 1. The summed E-state index contributed by atoms with van der Waals surface area (Å²) in [7, 11) is 2.93. The molecule has 0 saturated carbocycles. The lowest BCUT2D eigenvalue weighted by Gasteiger charge is -2.08. The summed E-state index contributed by atoms with van der Waals surface area (Å²) < 4.78 is 26.4. The molecule has 0 heterocycles. The Hall–Kier alpha value is -0.780. The Labute approximate surface area is 99.2 Å². The summed E-state index contributed by atoms with van der Waals surface area (Å²) in [5.41, 5.74) is 0.827. The number of hydrogen-bond donors (Lipinski definition) is 1. The molecule has 1 aromatic rings. The van der Waals surface area contributed by atoms with E-state index in [9.17, 15) is 13.5 Å². The quantitative estimate of drug-likeness (QED) is 0.811. The first-order valence-corrected chi connectivity index (χ1v) is 7.12. The third-order valence-electron chi connectivity index (χ3n) is 2.02. The van der Waals surface area contributed by atoms with Crippen molar-refractivity contribution in [1.29, 1.82) is 0 Å². The number of aliphatic hydroxyl groups excluding tert-OH is 1. The van der Waals surface area contributed by atoms with Crippen LogP contribution in [0.3, 0.4) is 0 Å². The smallest absolute Gasteiger partial charge is 0.235 e. The minimum Gasteiger partial charge on any atom is -0.497 e. The zero-order valence-electron chi connectivity index (χ0n) is 8.76. The number of benzene rings is 1. The van der Waals surface area contributed by atoms with Crippen molar-refractivity contribution < 1.29 is 18.3 Å². The molecule has 90 valence electrons. The topological polar surface area (TPSA) is 63.6 Å². The van der Waals surface area contributed by atoms with Crippen molar-refractivity contribution in [3.05, 3.63) is 29.8 Å². The van der Waals surface area contributed by atoms with Gasteiger partial charge in [0.25, 0.3) is 0 Å².